The van der Waals surface area contributed by atoms with Crippen LogP contribution in [0.15, 0.2) is 24.1 Å². The molecule has 2 amide bonds. The van der Waals surface area contributed by atoms with Gasteiger partial charge in [0.25, 0.3) is 0 Å². The maximum Gasteiger partial charge on any atom is 0.314 e. The second kappa shape index (κ2) is 8.25. The third-order valence-corrected chi connectivity index (χ3v) is 5.36. The van der Waals surface area contributed by atoms with Gasteiger partial charge in [0, 0.05) is 43.6 Å². The van der Waals surface area contributed by atoms with Gasteiger partial charge in [-0.05, 0) is 36.8 Å². The van der Waals surface area contributed by atoms with Crippen molar-refractivity contribution in [1.29, 1.82) is 0 Å². The van der Waals surface area contributed by atoms with Gasteiger partial charge in [0.2, 0.25) is 0 Å². The molecule has 0 aromatic carbocycles. The van der Waals surface area contributed by atoms with Crippen LogP contribution in [0.2, 0.25) is 0 Å². The lowest BCUT2D eigenvalue weighted by atomic mass is 10.1. The summed E-state index contributed by atoms with van der Waals surface area (Å²) in [5.41, 5.74) is 1.44. The van der Waals surface area contributed by atoms with E-state index in [2.05, 4.69) is 44.0 Å². The monoisotopic (exact) mass is 348 g/mol. The average Bonchev–Trinajstić information content (AvgIpc) is 3.27. The number of nitrogens with one attached hydrogen (secondary N) is 2. The van der Waals surface area contributed by atoms with E-state index in [-0.39, 0.29) is 6.03 Å². The Kier molecular flexibility index (Phi) is 5.81. The maximum atomic E-state index is 11.9. The Labute approximate surface area is 146 Å². The van der Waals surface area contributed by atoms with Gasteiger partial charge in [-0.1, -0.05) is 0 Å². The Bertz CT molecular complexity index is 641. The van der Waals surface area contributed by atoms with Crippen LogP contribution >= 0.6 is 11.3 Å². The number of urea groups is 1. The molecular formula is C16H24N6OS. The Balaban J connectivity index is 1.31. The van der Waals surface area contributed by atoms with E-state index in [1.807, 2.05) is 11.3 Å². The van der Waals surface area contributed by atoms with E-state index >= 15 is 0 Å². The molecule has 0 saturated heterocycles. The van der Waals surface area contributed by atoms with Crippen LogP contribution in [0.25, 0.3) is 0 Å². The van der Waals surface area contributed by atoms with Crippen molar-refractivity contribution in [3.05, 3.63) is 34.5 Å². The highest BCUT2D eigenvalue weighted by Gasteiger charge is 2.21. The molecule has 0 unspecified atom stereocenters. The number of amides is 2. The van der Waals surface area contributed by atoms with Gasteiger partial charge in [-0.3, -0.25) is 9.58 Å². The molecule has 0 bridgehead atoms. The minimum atomic E-state index is -0.103. The Hall–Kier alpha value is -1.93. The molecule has 0 radical (unpaired) electrons. The smallest absolute Gasteiger partial charge is 0.314 e. The fourth-order valence-electron chi connectivity index (χ4n) is 2.87. The fourth-order valence-corrected chi connectivity index (χ4v) is 3.76. The summed E-state index contributed by atoms with van der Waals surface area (Å²) in [6.07, 6.45) is 5.14. The molecule has 2 aromatic rings. The van der Waals surface area contributed by atoms with Gasteiger partial charge in [-0.25, -0.2) is 9.78 Å². The molecule has 0 saturated carbocycles. The van der Waals surface area contributed by atoms with Crippen LogP contribution in [-0.2, 0) is 19.5 Å². The second-order valence-corrected chi connectivity index (χ2v) is 7.09. The molecule has 1 aliphatic rings. The zero-order chi connectivity index (χ0) is 16.8. The van der Waals surface area contributed by atoms with Crippen molar-refractivity contribution in [2.24, 2.45) is 0 Å². The predicted molar refractivity (Wildman–Crippen MR) is 93.9 cm³/mol. The summed E-state index contributed by atoms with van der Waals surface area (Å²) in [6.45, 7) is 6.27. The normalized spacial score (nSPS) is 15.7. The van der Waals surface area contributed by atoms with Crippen molar-refractivity contribution in [2.45, 2.75) is 38.9 Å². The highest BCUT2D eigenvalue weighted by Crippen LogP contribution is 2.24. The number of nitrogens with zero attached hydrogens (tertiary/aromatic N) is 4. The lowest BCUT2D eigenvalue weighted by molar-refractivity contribution is 0.186. The number of rotatable bonds is 7. The summed E-state index contributed by atoms with van der Waals surface area (Å²) in [4.78, 5) is 19.7. The zero-order valence-electron chi connectivity index (χ0n) is 13.9. The summed E-state index contributed by atoms with van der Waals surface area (Å²) in [7, 11) is 0. The molecule has 0 fully saturated rings. The van der Waals surface area contributed by atoms with Gasteiger partial charge in [-0.15, -0.1) is 11.3 Å². The topological polar surface area (TPSA) is 75.1 Å². The third kappa shape index (κ3) is 4.55. The van der Waals surface area contributed by atoms with Gasteiger partial charge in [0.1, 0.15) is 12.7 Å². The number of aromatic nitrogens is 3. The molecule has 0 spiro atoms. The first-order chi connectivity index (χ1) is 11.7. The maximum absolute atomic E-state index is 11.9. The average molecular weight is 348 g/mol. The molecule has 130 valence electrons. The van der Waals surface area contributed by atoms with Gasteiger partial charge >= 0.3 is 6.03 Å². The highest BCUT2D eigenvalue weighted by atomic mass is 32.1. The molecule has 8 heteroatoms. The SMILES string of the molecule is C[C@H](CNC(=O)NCCCn1cncn1)N1CCc2sccc2C1. The first-order valence-corrected chi connectivity index (χ1v) is 9.24. The molecule has 7 nitrogen and oxygen atoms in total. The van der Waals surface area contributed by atoms with Crippen molar-refractivity contribution in [1.82, 2.24) is 30.3 Å². The molecule has 0 aliphatic carbocycles. The Morgan fingerprint density at radius 1 is 1.46 bits per heavy atom. The largest absolute Gasteiger partial charge is 0.338 e. The zero-order valence-corrected chi connectivity index (χ0v) is 14.8. The van der Waals surface area contributed by atoms with E-state index in [9.17, 15) is 4.79 Å². The van der Waals surface area contributed by atoms with Crippen molar-refractivity contribution < 1.29 is 4.79 Å². The summed E-state index contributed by atoms with van der Waals surface area (Å²) in [6, 6.07) is 2.45. The van der Waals surface area contributed by atoms with E-state index in [0.717, 1.165) is 32.5 Å². The molecule has 1 atom stereocenters. The Morgan fingerprint density at radius 3 is 3.21 bits per heavy atom. The van der Waals surface area contributed by atoms with Gasteiger partial charge in [0.15, 0.2) is 0 Å². The summed E-state index contributed by atoms with van der Waals surface area (Å²) in [5, 5.41) is 12.1. The minimum Gasteiger partial charge on any atom is -0.338 e. The van der Waals surface area contributed by atoms with E-state index in [1.54, 1.807) is 11.0 Å². The number of hydrogen-bond donors (Lipinski definition) is 2. The van der Waals surface area contributed by atoms with E-state index < -0.39 is 0 Å². The third-order valence-electron chi connectivity index (χ3n) is 4.33. The second-order valence-electron chi connectivity index (χ2n) is 6.09. The molecule has 2 aromatic heterocycles. The summed E-state index contributed by atoms with van der Waals surface area (Å²) < 4.78 is 1.76. The summed E-state index contributed by atoms with van der Waals surface area (Å²) >= 11 is 1.85. The van der Waals surface area contributed by atoms with E-state index in [0.29, 0.717) is 19.1 Å². The molecule has 2 N–H and O–H groups in total. The number of aryl methyl sites for hydroxylation is 1. The van der Waals surface area contributed by atoms with Crippen LogP contribution in [0.1, 0.15) is 23.8 Å². The van der Waals surface area contributed by atoms with Crippen molar-refractivity contribution >= 4 is 17.4 Å². The van der Waals surface area contributed by atoms with Crippen LogP contribution in [0.5, 0.6) is 0 Å². The lowest BCUT2D eigenvalue weighted by Gasteiger charge is -2.32. The molecule has 3 rings (SSSR count). The highest BCUT2D eigenvalue weighted by molar-refractivity contribution is 7.10. The molecule has 24 heavy (non-hydrogen) atoms. The van der Waals surface area contributed by atoms with Crippen molar-refractivity contribution in [3.63, 3.8) is 0 Å². The van der Waals surface area contributed by atoms with Crippen LogP contribution in [0.3, 0.4) is 0 Å². The van der Waals surface area contributed by atoms with Crippen molar-refractivity contribution in [3.8, 4) is 0 Å². The first-order valence-electron chi connectivity index (χ1n) is 8.36. The van der Waals surface area contributed by atoms with Gasteiger partial charge < -0.3 is 10.6 Å². The number of hydrogen-bond acceptors (Lipinski definition) is 5. The van der Waals surface area contributed by atoms with E-state index in [4.69, 9.17) is 0 Å². The quantitative estimate of drug-likeness (QED) is 0.743. The minimum absolute atomic E-state index is 0.103. The Morgan fingerprint density at radius 2 is 2.38 bits per heavy atom. The lowest BCUT2D eigenvalue weighted by Crippen LogP contribution is -2.46. The predicted octanol–water partition coefficient (Wildman–Crippen LogP) is 1.48. The van der Waals surface area contributed by atoms with Crippen LogP contribution in [0, 0.1) is 0 Å². The molecule has 3 heterocycles. The van der Waals surface area contributed by atoms with Crippen molar-refractivity contribution in [2.75, 3.05) is 19.6 Å². The standard InChI is InChI=1S/C16H24N6OS/c1-13(21-7-3-15-14(10-21)4-8-24-15)9-19-16(23)18-5-2-6-22-12-17-11-20-22/h4,8,11-13H,2-3,5-7,9-10H2,1H3,(H2,18,19,23)/t13-/m1/s1. The first kappa shape index (κ1) is 16.9. The molecule has 1 aliphatic heterocycles. The number of thiophene rings is 1. The van der Waals surface area contributed by atoms with Crippen LogP contribution in [-0.4, -0.2) is 51.4 Å². The molecular weight excluding hydrogens is 324 g/mol. The van der Waals surface area contributed by atoms with Gasteiger partial charge in [0.05, 0.1) is 0 Å². The number of carbonyl (C=O) groups is 1. The van der Waals surface area contributed by atoms with Gasteiger partial charge in [-0.2, -0.15) is 5.10 Å². The number of carbonyl (C=O) groups excluding carboxylic acids is 1. The van der Waals surface area contributed by atoms with E-state index in [1.165, 1.54) is 16.8 Å². The summed E-state index contributed by atoms with van der Waals surface area (Å²) in [5.74, 6) is 0. The number of fused-ring (bicyclic) bond motifs is 1. The fraction of sp³-hybridized carbons (Fsp3) is 0.562. The van der Waals surface area contributed by atoms with Crippen LogP contribution in [0.4, 0.5) is 4.79 Å². The van der Waals surface area contributed by atoms with Crippen LogP contribution < -0.4 is 10.6 Å².